The van der Waals surface area contributed by atoms with E-state index in [9.17, 15) is 28.4 Å². The van der Waals surface area contributed by atoms with Gasteiger partial charge in [0.2, 0.25) is 11.8 Å². The van der Waals surface area contributed by atoms with E-state index in [0.29, 0.717) is 65.3 Å². The average molecular weight is 1120 g/mol. The number of fused-ring (bicyclic) bond motifs is 6. The summed E-state index contributed by atoms with van der Waals surface area (Å²) in [6.07, 6.45) is -2.67. The number of alkyl halides is 5. The molecule has 6 bridgehead atoms. The Balaban J connectivity index is 1.14. The lowest BCUT2D eigenvalue weighted by atomic mass is 9.84. The Hall–Kier alpha value is -5.49. The number of carbonyl (C=O) groups is 5. The van der Waals surface area contributed by atoms with E-state index in [4.69, 9.17) is 31.0 Å². The molecule has 0 radical (unpaired) electrons. The number of hydrogen-bond acceptors (Lipinski definition) is 13. The highest BCUT2D eigenvalue weighted by molar-refractivity contribution is 7.10. The first-order chi connectivity index (χ1) is 36.4. The van der Waals surface area contributed by atoms with Crippen LogP contribution in [-0.2, 0) is 52.8 Å². The number of likely N-dealkylation sites (N-methyl/N-ethyl adjacent to an activating group) is 1. The number of esters is 1. The second-order valence-corrected chi connectivity index (χ2v) is 23.7. The summed E-state index contributed by atoms with van der Waals surface area (Å²) in [6, 6.07) is 1.01. The van der Waals surface area contributed by atoms with Gasteiger partial charge in [0.15, 0.2) is 0 Å². The van der Waals surface area contributed by atoms with Gasteiger partial charge in [0.1, 0.15) is 30.5 Å². The molecule has 418 valence electrons. The lowest BCUT2D eigenvalue weighted by Crippen LogP contribution is -2.62. The Morgan fingerprint density at radius 1 is 1.03 bits per heavy atom. The largest absolute Gasteiger partial charge is 0.464 e. The molecule has 24 heteroatoms. The van der Waals surface area contributed by atoms with Crippen LogP contribution >= 0.6 is 22.9 Å². The van der Waals surface area contributed by atoms with Gasteiger partial charge in [0, 0.05) is 93.2 Å². The molecule has 5 aliphatic heterocycles. The van der Waals surface area contributed by atoms with Gasteiger partial charge in [-0.3, -0.25) is 34.0 Å². The van der Waals surface area contributed by atoms with Crippen molar-refractivity contribution in [2.45, 2.75) is 116 Å². The highest BCUT2D eigenvalue weighted by atomic mass is 35.5. The summed E-state index contributed by atoms with van der Waals surface area (Å²) in [7, 11) is 3.50. The lowest BCUT2D eigenvalue weighted by molar-refractivity contribution is -0.155. The number of hydrazine groups is 1. The summed E-state index contributed by atoms with van der Waals surface area (Å²) in [6.45, 7) is 10.4. The number of halogens is 6. The maximum Gasteiger partial charge on any atom is 0.406 e. The van der Waals surface area contributed by atoms with Crippen LogP contribution in [0.1, 0.15) is 82.7 Å². The molecule has 77 heavy (non-hydrogen) atoms. The van der Waals surface area contributed by atoms with Gasteiger partial charge in [-0.05, 0) is 75.8 Å². The van der Waals surface area contributed by atoms with Crippen LogP contribution in [0.3, 0.4) is 0 Å². The first-order valence-electron chi connectivity index (χ1n) is 26.1. The minimum Gasteiger partial charge on any atom is -0.464 e. The van der Waals surface area contributed by atoms with E-state index >= 15 is 17.6 Å². The van der Waals surface area contributed by atoms with Gasteiger partial charge in [-0.2, -0.15) is 13.2 Å². The smallest absolute Gasteiger partial charge is 0.406 e. The minimum absolute atomic E-state index is 0.0221. The number of nitrogens with zero attached hydrogens (tertiary/aromatic N) is 8. The van der Waals surface area contributed by atoms with Crippen molar-refractivity contribution >= 4 is 69.1 Å². The molecular weight excluding hydrogens is 1050 g/mol. The number of thiazole rings is 1. The Bertz CT molecular complexity index is 2930. The van der Waals surface area contributed by atoms with Gasteiger partial charge >= 0.3 is 12.1 Å². The highest BCUT2D eigenvalue weighted by Crippen LogP contribution is 2.46. The third kappa shape index (κ3) is 11.5. The number of nitrogens with one attached hydrogen (secondary N) is 2. The highest BCUT2D eigenvalue weighted by Gasteiger charge is 2.55. The summed E-state index contributed by atoms with van der Waals surface area (Å²) in [5.41, 5.74) is 0.895. The quantitative estimate of drug-likeness (QED) is 0.0986. The second-order valence-electron chi connectivity index (χ2n) is 22.4. The molecule has 1 aromatic carbocycles. The van der Waals surface area contributed by atoms with Gasteiger partial charge in [0.05, 0.1) is 57.6 Å². The number of anilines is 1. The summed E-state index contributed by atoms with van der Waals surface area (Å²) >= 11 is 6.56. The summed E-state index contributed by atoms with van der Waals surface area (Å²) in [4.78, 5) is 86.9. The van der Waals surface area contributed by atoms with E-state index in [2.05, 4.69) is 20.5 Å². The SMILES string of the molecule is CO[C@@H](C)c1ncc(N2CCN(C)CC2)cc1-c1c2c3cc(c(F)cc3n1CC(F)(F)F)-c1csc(n1)C[C@H](NC(=O)[C@H](C(C)C)N1CC[C@@]3(CCN(C(=O)[C@H](F)Cl)C3)C1=O)C(=O)N1CCC[C@H](N1)C(=O)OCC(C)(C)C2. The fraction of sp³-hybridized carbons (Fsp3) is 0.604. The molecular formula is C53H66ClF5N10O7S. The zero-order valence-electron chi connectivity index (χ0n) is 44.3. The molecule has 9 rings (SSSR count). The molecule has 0 unspecified atom stereocenters. The maximum absolute atomic E-state index is 17.0. The molecule has 8 heterocycles. The monoisotopic (exact) mass is 1120 g/mol. The number of amides is 4. The zero-order chi connectivity index (χ0) is 55.5. The number of carbonyl (C=O) groups excluding carboxylic acids is 5. The van der Waals surface area contributed by atoms with E-state index in [-0.39, 0.29) is 80.4 Å². The van der Waals surface area contributed by atoms with E-state index in [1.807, 2.05) is 27.0 Å². The van der Waals surface area contributed by atoms with Crippen molar-refractivity contribution in [3.05, 3.63) is 51.9 Å². The number of cyclic esters (lactones) is 1. The molecule has 5 aliphatic rings. The molecule has 3 aromatic heterocycles. The second kappa shape index (κ2) is 22.0. The fourth-order valence-corrected chi connectivity index (χ4v) is 12.6. The molecule has 4 amide bonds. The lowest BCUT2D eigenvalue weighted by Gasteiger charge is -2.36. The van der Waals surface area contributed by atoms with Crippen LogP contribution in [0.25, 0.3) is 33.4 Å². The Morgan fingerprint density at radius 3 is 2.44 bits per heavy atom. The van der Waals surface area contributed by atoms with Crippen LogP contribution in [0, 0.1) is 22.6 Å². The third-order valence-electron chi connectivity index (χ3n) is 15.8. The van der Waals surface area contributed by atoms with E-state index < -0.39 is 88.8 Å². The number of piperazine rings is 1. The molecule has 4 fully saturated rings. The third-order valence-corrected chi connectivity index (χ3v) is 16.9. The first kappa shape index (κ1) is 56.2. The molecule has 4 saturated heterocycles. The van der Waals surface area contributed by atoms with Crippen LogP contribution < -0.4 is 15.6 Å². The molecule has 6 atom stereocenters. The van der Waals surface area contributed by atoms with Crippen molar-refractivity contribution in [3.8, 4) is 22.5 Å². The summed E-state index contributed by atoms with van der Waals surface area (Å²) in [5.74, 6) is -4.57. The van der Waals surface area contributed by atoms with Crippen LogP contribution in [0.2, 0.25) is 0 Å². The molecule has 0 aliphatic carbocycles. The standard InChI is InChI=1S/C53H66ClF5N10O7S/c1-29(2)43(67-14-11-52(50(67)74)10-13-66(26-52)48(72)45(54)56)46(70)62-38-22-41-61-39(25-77-41)33-20-32-35(23-51(4,5)28-76-49(73)37-9-8-12-69(63-37)47(38)71)44(68(27-53(57,58)59)40(32)21-36(33)55)34-19-31(24-60-42(34)30(3)75-7)65-17-15-64(6)16-18-65/h19-21,24-25,29-30,37-38,43,45,63H,8-18,22-23,26-28H2,1-7H3,(H,62,70)/t30-,37-,38-,43-,45-,52+/m0/s1. The normalized spacial score (nSPS) is 23.9. The Kier molecular flexibility index (Phi) is 16.0. The molecule has 0 saturated carbocycles. The predicted molar refractivity (Wildman–Crippen MR) is 279 cm³/mol. The van der Waals surface area contributed by atoms with Gasteiger partial charge in [-0.25, -0.2) is 19.2 Å². The molecule has 17 nitrogen and oxygen atoms in total. The first-order valence-corrected chi connectivity index (χ1v) is 27.4. The Morgan fingerprint density at radius 2 is 1.75 bits per heavy atom. The van der Waals surface area contributed by atoms with Crippen molar-refractivity contribution in [1.82, 2.24) is 45.0 Å². The summed E-state index contributed by atoms with van der Waals surface area (Å²) in [5, 5.41) is 6.35. The van der Waals surface area contributed by atoms with Gasteiger partial charge in [0.25, 0.3) is 17.4 Å². The van der Waals surface area contributed by atoms with E-state index in [1.54, 1.807) is 32.3 Å². The van der Waals surface area contributed by atoms with Gasteiger partial charge in [-0.15, -0.1) is 11.3 Å². The number of benzene rings is 1. The number of aromatic nitrogens is 3. The average Bonchev–Trinajstić information content (AvgIpc) is 4.38. The number of pyridine rings is 1. The van der Waals surface area contributed by atoms with Crippen molar-refractivity contribution in [3.63, 3.8) is 0 Å². The number of likely N-dealkylation sites (tertiary alicyclic amines) is 2. The fourth-order valence-electron chi connectivity index (χ4n) is 11.6. The Labute approximate surface area is 452 Å². The predicted octanol–water partition coefficient (Wildman–Crippen LogP) is 6.65. The van der Waals surface area contributed by atoms with Crippen LogP contribution in [-0.4, -0.2) is 167 Å². The van der Waals surface area contributed by atoms with Crippen molar-refractivity contribution in [1.29, 1.82) is 0 Å². The zero-order valence-corrected chi connectivity index (χ0v) is 45.8. The van der Waals surface area contributed by atoms with Gasteiger partial charge in [-0.1, -0.05) is 39.3 Å². The van der Waals surface area contributed by atoms with Crippen molar-refractivity contribution in [2.24, 2.45) is 16.7 Å². The number of rotatable bonds is 10. The van der Waals surface area contributed by atoms with E-state index in [0.717, 1.165) is 35.1 Å². The van der Waals surface area contributed by atoms with Crippen LogP contribution in [0.5, 0.6) is 0 Å². The minimum atomic E-state index is -4.76. The van der Waals surface area contributed by atoms with Gasteiger partial charge < -0.3 is 39.0 Å². The topological polar surface area (TPSA) is 175 Å². The molecule has 4 aromatic rings. The van der Waals surface area contributed by atoms with Crippen LogP contribution in [0.4, 0.5) is 27.6 Å². The number of methoxy groups -OCH3 is 1. The van der Waals surface area contributed by atoms with E-state index in [1.165, 1.54) is 28.0 Å². The van der Waals surface area contributed by atoms with Crippen LogP contribution in [0.15, 0.2) is 29.8 Å². The van der Waals surface area contributed by atoms with Crippen molar-refractivity contribution in [2.75, 3.05) is 78.0 Å². The number of ether oxygens (including phenoxy) is 2. The molecule has 1 spiro atoms. The summed E-state index contributed by atoms with van der Waals surface area (Å²) < 4.78 is 88.9. The number of hydrogen-bond donors (Lipinski definition) is 2. The molecule has 2 N–H and O–H groups in total. The van der Waals surface area contributed by atoms with Crippen molar-refractivity contribution < 1.29 is 55.4 Å². The maximum atomic E-state index is 17.0.